The van der Waals surface area contributed by atoms with Crippen LogP contribution in [-0.4, -0.2) is 42.9 Å². The molecule has 0 atom stereocenters. The van der Waals surface area contributed by atoms with E-state index in [0.717, 1.165) is 61.5 Å². The van der Waals surface area contributed by atoms with Crippen molar-refractivity contribution < 1.29 is 0 Å². The van der Waals surface area contributed by atoms with Crippen molar-refractivity contribution in [2.45, 2.75) is 26.3 Å². The molecule has 0 aliphatic carbocycles. The molecule has 0 unspecified atom stereocenters. The van der Waals surface area contributed by atoms with Gasteiger partial charge in [-0.15, -0.1) is 0 Å². The third kappa shape index (κ3) is 8.47. The molecular weight excluding hydrogens is 749 g/mol. The van der Waals surface area contributed by atoms with Crippen LogP contribution < -0.4 is 0 Å². The van der Waals surface area contributed by atoms with Crippen LogP contribution in [0.15, 0.2) is 203 Å². The summed E-state index contributed by atoms with van der Waals surface area (Å²) in [6, 6.07) is 63.2. The molecule has 0 aliphatic rings. The Morgan fingerprint density at radius 2 is 1.07 bits per heavy atom. The van der Waals surface area contributed by atoms with Crippen LogP contribution in [-0.2, 0) is 6.54 Å². The SMILES string of the molecule is C=N/C(=N\C(=N/Cc1ccccc1)c1cc(-c2nc(-c3ccccc3)nc(-c3ccccc3)n2)cc(-c2nc3ccccc3n2-c2ccc(C(C)C)cc2)c1)c1ccccc1. The molecule has 8 heteroatoms. The summed E-state index contributed by atoms with van der Waals surface area (Å²) in [6.07, 6.45) is 0. The zero-order valence-corrected chi connectivity index (χ0v) is 34.0. The van der Waals surface area contributed by atoms with E-state index in [1.165, 1.54) is 5.56 Å². The lowest BCUT2D eigenvalue weighted by Crippen LogP contribution is -2.07. The van der Waals surface area contributed by atoms with Crippen LogP contribution in [0.3, 0.4) is 0 Å². The fraction of sp³-hybridized carbons (Fsp3) is 0.0755. The van der Waals surface area contributed by atoms with E-state index in [2.05, 4.69) is 84.7 Å². The fourth-order valence-electron chi connectivity index (χ4n) is 7.26. The topological polar surface area (TPSA) is 93.6 Å². The van der Waals surface area contributed by atoms with Crippen molar-refractivity contribution in [3.63, 3.8) is 0 Å². The average molecular weight is 791 g/mol. The van der Waals surface area contributed by atoms with E-state index < -0.39 is 0 Å². The minimum atomic E-state index is 0.390. The Morgan fingerprint density at radius 3 is 1.67 bits per heavy atom. The molecule has 61 heavy (non-hydrogen) atoms. The minimum absolute atomic E-state index is 0.390. The largest absolute Gasteiger partial charge is 0.292 e. The van der Waals surface area contributed by atoms with Gasteiger partial charge in [0.05, 0.1) is 17.6 Å². The van der Waals surface area contributed by atoms with Gasteiger partial charge in [0.1, 0.15) is 5.82 Å². The van der Waals surface area contributed by atoms with E-state index in [-0.39, 0.29) is 0 Å². The lowest BCUT2D eigenvalue weighted by Gasteiger charge is -2.15. The van der Waals surface area contributed by atoms with Crippen molar-refractivity contribution in [2.75, 3.05) is 0 Å². The van der Waals surface area contributed by atoms with Gasteiger partial charge in [0.25, 0.3) is 0 Å². The molecule has 0 saturated carbocycles. The number of amidine groups is 2. The third-order valence-corrected chi connectivity index (χ3v) is 10.4. The van der Waals surface area contributed by atoms with Crippen molar-refractivity contribution in [3.8, 4) is 51.2 Å². The minimum Gasteiger partial charge on any atom is -0.292 e. The van der Waals surface area contributed by atoms with Gasteiger partial charge in [-0.05, 0) is 66.2 Å². The Morgan fingerprint density at radius 1 is 0.525 bits per heavy atom. The first-order valence-electron chi connectivity index (χ1n) is 20.3. The number of benzene rings is 7. The first kappa shape index (κ1) is 38.5. The molecule has 0 spiro atoms. The van der Waals surface area contributed by atoms with Crippen molar-refractivity contribution >= 4 is 29.4 Å². The highest BCUT2D eigenvalue weighted by molar-refractivity contribution is 6.13. The van der Waals surface area contributed by atoms with Gasteiger partial charge in [-0.2, -0.15) is 0 Å². The Balaban J connectivity index is 1.32. The molecule has 294 valence electrons. The molecule has 9 rings (SSSR count). The van der Waals surface area contributed by atoms with Gasteiger partial charge >= 0.3 is 0 Å². The predicted molar refractivity (Wildman–Crippen MR) is 249 cm³/mol. The average Bonchev–Trinajstić information content (AvgIpc) is 3.72. The molecule has 0 amide bonds. The highest BCUT2D eigenvalue weighted by Crippen LogP contribution is 2.34. The molecule has 0 saturated heterocycles. The number of para-hydroxylation sites is 2. The van der Waals surface area contributed by atoms with Gasteiger partial charge in [-0.3, -0.25) is 9.56 Å². The molecule has 0 N–H and O–H groups in total. The van der Waals surface area contributed by atoms with Crippen LogP contribution in [0, 0.1) is 0 Å². The highest BCUT2D eigenvalue weighted by Gasteiger charge is 2.20. The smallest absolute Gasteiger partial charge is 0.164 e. The molecule has 9 aromatic rings. The van der Waals surface area contributed by atoms with Crippen molar-refractivity contribution in [1.29, 1.82) is 0 Å². The third-order valence-electron chi connectivity index (χ3n) is 10.4. The maximum absolute atomic E-state index is 5.31. The first-order valence-corrected chi connectivity index (χ1v) is 20.3. The van der Waals surface area contributed by atoms with E-state index in [1.807, 2.05) is 133 Å². The van der Waals surface area contributed by atoms with E-state index >= 15 is 0 Å². The molecule has 0 radical (unpaired) electrons. The second-order valence-corrected chi connectivity index (χ2v) is 14.9. The van der Waals surface area contributed by atoms with Gasteiger partial charge < -0.3 is 0 Å². The molecule has 7 aromatic carbocycles. The molecule has 8 nitrogen and oxygen atoms in total. The lowest BCUT2D eigenvalue weighted by molar-refractivity contribution is 0.865. The summed E-state index contributed by atoms with van der Waals surface area (Å²) in [7, 11) is 0. The second kappa shape index (κ2) is 17.5. The van der Waals surface area contributed by atoms with E-state index in [1.54, 1.807) is 0 Å². The normalized spacial score (nSPS) is 11.9. The molecule has 0 aliphatic heterocycles. The van der Waals surface area contributed by atoms with Crippen LogP contribution in [0.5, 0.6) is 0 Å². The van der Waals surface area contributed by atoms with Gasteiger partial charge in [0.15, 0.2) is 29.1 Å². The highest BCUT2D eigenvalue weighted by atomic mass is 15.1. The van der Waals surface area contributed by atoms with E-state index in [4.69, 9.17) is 29.9 Å². The standard InChI is InChI=1S/C53H42N8/c1-36(2)38-28-30-45(31-29-38)61-47-27-17-16-26-46(47)56-53(61)44-33-42(49(55-35-37-18-8-4-9-19-37)57-48(54-3)39-20-10-5-11-21-39)32-43(34-44)52-59-50(40-22-12-6-13-23-40)58-51(60-52)41-24-14-7-15-25-41/h4-34,36H,3,35H2,1-2H3/b55-49-,57-48-. The van der Waals surface area contributed by atoms with E-state index in [9.17, 15) is 0 Å². The summed E-state index contributed by atoms with van der Waals surface area (Å²) < 4.78 is 2.21. The van der Waals surface area contributed by atoms with Gasteiger partial charge in [-0.1, -0.05) is 159 Å². The Hall–Kier alpha value is -7.97. The Kier molecular flexibility index (Phi) is 11.0. The molecule has 2 aromatic heterocycles. The van der Waals surface area contributed by atoms with Crippen molar-refractivity contribution in [2.24, 2.45) is 15.0 Å². The molecule has 2 heterocycles. The zero-order chi connectivity index (χ0) is 41.5. The Labute approximate surface area is 355 Å². The summed E-state index contributed by atoms with van der Waals surface area (Å²) in [4.78, 5) is 35.3. The lowest BCUT2D eigenvalue weighted by atomic mass is 10.0. The maximum Gasteiger partial charge on any atom is 0.164 e. The molecule has 0 bridgehead atoms. The monoisotopic (exact) mass is 790 g/mol. The Bertz CT molecular complexity index is 2950. The molecular formula is C53H42N8. The number of aliphatic imine (C=N–C) groups is 3. The number of nitrogens with zero attached hydrogens (tertiary/aromatic N) is 8. The van der Waals surface area contributed by atoms with Crippen LogP contribution >= 0.6 is 0 Å². The zero-order valence-electron chi connectivity index (χ0n) is 34.0. The predicted octanol–water partition coefficient (Wildman–Crippen LogP) is 12.1. The number of fused-ring (bicyclic) bond motifs is 1. The summed E-state index contributed by atoms with van der Waals surface area (Å²) in [5, 5.41) is 0. The number of rotatable bonds is 10. The van der Waals surface area contributed by atoms with E-state index in [0.29, 0.717) is 41.6 Å². The number of hydrogen-bond acceptors (Lipinski definition) is 5. The van der Waals surface area contributed by atoms with Crippen molar-refractivity contribution in [1.82, 2.24) is 24.5 Å². The van der Waals surface area contributed by atoms with Crippen LogP contribution in [0.1, 0.15) is 42.0 Å². The first-order chi connectivity index (χ1) is 30.0. The summed E-state index contributed by atoms with van der Waals surface area (Å²) in [6.45, 7) is 8.72. The van der Waals surface area contributed by atoms with Gasteiger partial charge in [0, 0.05) is 39.1 Å². The quantitative estimate of drug-likeness (QED) is 0.102. The van der Waals surface area contributed by atoms with Crippen LogP contribution in [0.2, 0.25) is 0 Å². The maximum atomic E-state index is 5.31. The number of hydrogen-bond donors (Lipinski definition) is 0. The fourth-order valence-corrected chi connectivity index (χ4v) is 7.26. The summed E-state index contributed by atoms with van der Waals surface area (Å²) in [5.74, 6) is 3.70. The second-order valence-electron chi connectivity index (χ2n) is 14.9. The number of aromatic nitrogens is 5. The van der Waals surface area contributed by atoms with Crippen LogP contribution in [0.25, 0.3) is 62.3 Å². The van der Waals surface area contributed by atoms with Crippen molar-refractivity contribution in [3.05, 3.63) is 210 Å². The summed E-state index contributed by atoms with van der Waals surface area (Å²) in [5.41, 5.74) is 10.0. The van der Waals surface area contributed by atoms with Gasteiger partial charge in [0.2, 0.25) is 0 Å². The molecule has 0 fully saturated rings. The number of imidazole rings is 1. The summed E-state index contributed by atoms with van der Waals surface area (Å²) >= 11 is 0. The van der Waals surface area contributed by atoms with Crippen LogP contribution in [0.4, 0.5) is 0 Å². The van der Waals surface area contributed by atoms with Gasteiger partial charge in [-0.25, -0.2) is 29.9 Å².